The van der Waals surface area contributed by atoms with Crippen LogP contribution in [0.3, 0.4) is 0 Å². The van der Waals surface area contributed by atoms with E-state index in [0.29, 0.717) is 22.2 Å². The van der Waals surface area contributed by atoms with Gasteiger partial charge in [-0.25, -0.2) is 4.68 Å². The first-order chi connectivity index (χ1) is 16.3. The first-order valence-electron chi connectivity index (χ1n) is 10.2. The number of rotatable bonds is 7. The Kier molecular flexibility index (Phi) is 7.35. The molecule has 34 heavy (non-hydrogen) atoms. The van der Waals surface area contributed by atoms with Gasteiger partial charge in [-0.15, -0.1) is 0 Å². The van der Waals surface area contributed by atoms with Crippen LogP contribution in [0.15, 0.2) is 53.7 Å². The van der Waals surface area contributed by atoms with E-state index in [4.69, 9.17) is 23.2 Å². The third kappa shape index (κ3) is 5.16. The molecule has 0 unspecified atom stereocenters. The van der Waals surface area contributed by atoms with E-state index in [2.05, 4.69) is 15.4 Å². The van der Waals surface area contributed by atoms with E-state index in [1.807, 2.05) is 18.2 Å². The molecule has 3 aromatic rings. The quantitative estimate of drug-likeness (QED) is 0.468. The molecule has 8 nitrogen and oxygen atoms in total. The fourth-order valence-corrected chi connectivity index (χ4v) is 4.76. The zero-order chi connectivity index (χ0) is 24.2. The van der Waals surface area contributed by atoms with E-state index in [1.54, 1.807) is 43.6 Å². The lowest BCUT2D eigenvalue weighted by atomic mass is 10.2. The molecular formula is C23H19Cl2N5O3S. The standard InChI is InChI=1S/C23H19Cl2N5O3S/c1-14-19(20(25)30(28-14)13-16-6-2-3-7-17(16)24)21(31)27-9-10-29-22(32)18(34-23(29)33)11-15-5-4-8-26-12-15/h2-8,11-12H,9-10,13H2,1H3,(H,27,31). The Hall–Kier alpha value is -3.14. The maximum atomic E-state index is 12.8. The fraction of sp³-hybridized carbons (Fsp3) is 0.174. The highest BCUT2D eigenvalue weighted by atomic mass is 35.5. The lowest BCUT2D eigenvalue weighted by Crippen LogP contribution is -2.37. The molecule has 174 valence electrons. The summed E-state index contributed by atoms with van der Waals surface area (Å²) in [7, 11) is 0. The van der Waals surface area contributed by atoms with Crippen LogP contribution in [-0.2, 0) is 11.3 Å². The number of aromatic nitrogens is 3. The van der Waals surface area contributed by atoms with Crippen molar-refractivity contribution in [2.45, 2.75) is 13.5 Å². The number of benzene rings is 1. The number of nitrogens with zero attached hydrogens (tertiary/aromatic N) is 4. The minimum Gasteiger partial charge on any atom is -0.350 e. The van der Waals surface area contributed by atoms with Gasteiger partial charge in [0.2, 0.25) is 0 Å². The highest BCUT2D eigenvalue weighted by Crippen LogP contribution is 2.31. The summed E-state index contributed by atoms with van der Waals surface area (Å²) in [5.74, 6) is -0.847. The van der Waals surface area contributed by atoms with Gasteiger partial charge in [-0.1, -0.05) is 47.5 Å². The number of pyridine rings is 1. The first kappa shape index (κ1) is 24.0. The van der Waals surface area contributed by atoms with Gasteiger partial charge in [0.05, 0.1) is 22.7 Å². The average molecular weight is 516 g/mol. The van der Waals surface area contributed by atoms with Crippen molar-refractivity contribution in [2.24, 2.45) is 0 Å². The number of hydrogen-bond donors (Lipinski definition) is 1. The van der Waals surface area contributed by atoms with Crippen LogP contribution in [0, 0.1) is 6.92 Å². The Balaban J connectivity index is 1.38. The molecule has 0 saturated carbocycles. The molecule has 1 saturated heterocycles. The smallest absolute Gasteiger partial charge is 0.293 e. The second-order valence-electron chi connectivity index (χ2n) is 7.38. The van der Waals surface area contributed by atoms with E-state index in [-0.39, 0.29) is 23.8 Å². The highest BCUT2D eigenvalue weighted by Gasteiger charge is 2.34. The Bertz CT molecular complexity index is 1290. The number of nitrogens with one attached hydrogen (secondary N) is 1. The molecule has 0 spiro atoms. The van der Waals surface area contributed by atoms with E-state index < -0.39 is 17.1 Å². The van der Waals surface area contributed by atoms with Crippen LogP contribution in [0.25, 0.3) is 6.08 Å². The van der Waals surface area contributed by atoms with Gasteiger partial charge in [-0.05, 0) is 48.0 Å². The Labute approximate surface area is 209 Å². The summed E-state index contributed by atoms with van der Waals surface area (Å²) in [5.41, 5.74) is 2.24. The van der Waals surface area contributed by atoms with Crippen molar-refractivity contribution in [1.82, 2.24) is 25.0 Å². The van der Waals surface area contributed by atoms with Crippen LogP contribution in [0.5, 0.6) is 0 Å². The molecule has 0 atom stereocenters. The summed E-state index contributed by atoms with van der Waals surface area (Å²) in [5, 5.41) is 7.44. The molecule has 4 rings (SSSR count). The number of thioether (sulfide) groups is 1. The molecule has 11 heteroatoms. The largest absolute Gasteiger partial charge is 0.350 e. The van der Waals surface area contributed by atoms with Crippen molar-refractivity contribution in [3.05, 3.63) is 86.3 Å². The maximum Gasteiger partial charge on any atom is 0.293 e. The first-order valence-corrected chi connectivity index (χ1v) is 11.8. The number of amides is 3. The molecule has 3 heterocycles. The highest BCUT2D eigenvalue weighted by molar-refractivity contribution is 8.18. The predicted octanol–water partition coefficient (Wildman–Crippen LogP) is 4.41. The molecule has 0 aliphatic carbocycles. The molecule has 1 N–H and O–H groups in total. The lowest BCUT2D eigenvalue weighted by molar-refractivity contribution is -0.122. The minimum atomic E-state index is -0.439. The summed E-state index contributed by atoms with van der Waals surface area (Å²) in [4.78, 5) is 43.1. The number of aryl methyl sites for hydroxylation is 1. The normalized spacial score (nSPS) is 14.8. The molecule has 3 amide bonds. The van der Waals surface area contributed by atoms with Gasteiger partial charge < -0.3 is 5.32 Å². The van der Waals surface area contributed by atoms with Crippen LogP contribution >= 0.6 is 35.0 Å². The van der Waals surface area contributed by atoms with Crippen LogP contribution < -0.4 is 5.32 Å². The lowest BCUT2D eigenvalue weighted by Gasteiger charge is -2.13. The van der Waals surface area contributed by atoms with Gasteiger partial charge in [0.1, 0.15) is 5.15 Å². The Morgan fingerprint density at radius 2 is 1.97 bits per heavy atom. The number of hydrogen-bond acceptors (Lipinski definition) is 6. The van der Waals surface area contributed by atoms with Gasteiger partial charge in [0.25, 0.3) is 17.1 Å². The van der Waals surface area contributed by atoms with Crippen LogP contribution in [0.2, 0.25) is 10.2 Å². The van der Waals surface area contributed by atoms with E-state index in [1.165, 1.54) is 4.68 Å². The van der Waals surface area contributed by atoms with E-state index >= 15 is 0 Å². The molecule has 0 bridgehead atoms. The van der Waals surface area contributed by atoms with Crippen LogP contribution in [0.4, 0.5) is 4.79 Å². The van der Waals surface area contributed by atoms with E-state index in [0.717, 1.165) is 27.8 Å². The Morgan fingerprint density at radius 1 is 1.18 bits per heavy atom. The van der Waals surface area contributed by atoms with Crippen LogP contribution in [0.1, 0.15) is 27.2 Å². The van der Waals surface area contributed by atoms with Crippen molar-refractivity contribution in [1.29, 1.82) is 0 Å². The number of imide groups is 1. The van der Waals surface area contributed by atoms with Gasteiger partial charge in [0, 0.05) is 30.5 Å². The molecule has 0 radical (unpaired) electrons. The zero-order valence-corrected chi connectivity index (χ0v) is 20.3. The summed E-state index contributed by atoms with van der Waals surface area (Å²) >= 11 is 13.5. The van der Waals surface area contributed by atoms with Gasteiger partial charge in [-0.3, -0.25) is 24.3 Å². The number of carbonyl (C=O) groups is 3. The molecule has 1 aliphatic rings. The summed E-state index contributed by atoms with van der Waals surface area (Å²) in [6.45, 7) is 2.10. The third-order valence-electron chi connectivity index (χ3n) is 5.05. The van der Waals surface area contributed by atoms with Crippen molar-refractivity contribution in [3.63, 3.8) is 0 Å². The molecule has 1 fully saturated rings. The van der Waals surface area contributed by atoms with Crippen molar-refractivity contribution in [3.8, 4) is 0 Å². The number of carbonyl (C=O) groups excluding carboxylic acids is 3. The third-order valence-corrected chi connectivity index (χ3v) is 6.71. The zero-order valence-electron chi connectivity index (χ0n) is 18.0. The van der Waals surface area contributed by atoms with Crippen molar-refractivity contribution in [2.75, 3.05) is 13.1 Å². The average Bonchev–Trinajstić information content (AvgIpc) is 3.24. The Morgan fingerprint density at radius 3 is 2.71 bits per heavy atom. The minimum absolute atomic E-state index is 0.0329. The van der Waals surface area contributed by atoms with Crippen LogP contribution in [-0.4, -0.2) is 49.8 Å². The second-order valence-corrected chi connectivity index (χ2v) is 9.13. The molecular weight excluding hydrogens is 497 g/mol. The second kappa shape index (κ2) is 10.4. The summed E-state index contributed by atoms with van der Waals surface area (Å²) in [6, 6.07) is 10.8. The topological polar surface area (TPSA) is 97.2 Å². The van der Waals surface area contributed by atoms with Gasteiger partial charge in [0.15, 0.2) is 0 Å². The monoisotopic (exact) mass is 515 g/mol. The van der Waals surface area contributed by atoms with E-state index in [9.17, 15) is 14.4 Å². The van der Waals surface area contributed by atoms with Gasteiger partial charge in [-0.2, -0.15) is 5.10 Å². The molecule has 1 aliphatic heterocycles. The number of halogens is 2. The summed E-state index contributed by atoms with van der Waals surface area (Å²) < 4.78 is 1.51. The maximum absolute atomic E-state index is 12.8. The SMILES string of the molecule is Cc1nn(Cc2ccccc2Cl)c(Cl)c1C(=O)NCCN1C(=O)SC(=Cc2cccnc2)C1=O. The molecule has 2 aromatic heterocycles. The molecule has 1 aromatic carbocycles. The van der Waals surface area contributed by atoms with Gasteiger partial charge >= 0.3 is 0 Å². The predicted molar refractivity (Wildman–Crippen MR) is 132 cm³/mol. The van der Waals surface area contributed by atoms with Crippen molar-refractivity contribution >= 4 is 58.1 Å². The fourth-order valence-electron chi connectivity index (χ4n) is 3.38. The summed E-state index contributed by atoms with van der Waals surface area (Å²) in [6.07, 6.45) is 4.85. The van der Waals surface area contributed by atoms with Crippen molar-refractivity contribution < 1.29 is 14.4 Å².